The molecule has 4 N–H and O–H groups in total. The number of benzene rings is 1. The molecule has 1 aromatic rings. The molecule has 0 saturated carbocycles. The van der Waals surface area contributed by atoms with Crippen LogP contribution in [0.25, 0.3) is 0 Å². The number of carboxylic acids is 1. The van der Waals surface area contributed by atoms with Gasteiger partial charge in [0, 0.05) is 0 Å². The molecule has 1 atom stereocenters. The molecule has 0 unspecified atom stereocenters. The summed E-state index contributed by atoms with van der Waals surface area (Å²) in [4.78, 5) is 51.7. The number of amides is 3. The van der Waals surface area contributed by atoms with Gasteiger partial charge in [0.1, 0.15) is 23.9 Å². The highest BCUT2D eigenvalue weighted by atomic mass is 16.6. The standard InChI is InChI=1S/C22H32N4O8/c1-21(2,3)33-19(30)25-17(26-20(31)34-22(4,5)6)23-12-15(16(27)28)24-18(29)32-13-14-10-8-7-9-11-14/h7-11,15H,12-13H2,1-6H3,(H,24,29)(H,27,28)(H2,23,25,26,30,31)/t15-/m1/s1. The lowest BCUT2D eigenvalue weighted by Crippen LogP contribution is -2.48. The smallest absolute Gasteiger partial charge is 0.414 e. The van der Waals surface area contributed by atoms with Crippen molar-refractivity contribution in [1.82, 2.24) is 16.0 Å². The lowest BCUT2D eigenvalue weighted by Gasteiger charge is -2.22. The first-order valence-corrected chi connectivity index (χ1v) is 10.4. The second-order valence-corrected chi connectivity index (χ2v) is 9.04. The predicted molar refractivity (Wildman–Crippen MR) is 122 cm³/mol. The number of hydrogen-bond donors (Lipinski definition) is 4. The number of aliphatic carboxylic acids is 1. The van der Waals surface area contributed by atoms with Crippen LogP contribution >= 0.6 is 0 Å². The highest BCUT2D eigenvalue weighted by Gasteiger charge is 2.24. The monoisotopic (exact) mass is 480 g/mol. The third-order valence-electron chi connectivity index (χ3n) is 3.47. The first-order chi connectivity index (χ1) is 15.6. The summed E-state index contributed by atoms with van der Waals surface area (Å²) in [5.74, 6) is -1.83. The average molecular weight is 481 g/mol. The van der Waals surface area contributed by atoms with Gasteiger partial charge < -0.3 is 24.6 Å². The highest BCUT2D eigenvalue weighted by molar-refractivity contribution is 6.01. The Morgan fingerprint density at radius 3 is 1.82 bits per heavy atom. The molecule has 0 saturated heterocycles. The van der Waals surface area contributed by atoms with E-state index in [1.807, 2.05) is 0 Å². The molecule has 12 heteroatoms. The molecule has 0 radical (unpaired) electrons. The van der Waals surface area contributed by atoms with Gasteiger partial charge in [0.05, 0.1) is 6.54 Å². The zero-order valence-electron chi connectivity index (χ0n) is 20.1. The Balaban J connectivity index is 2.87. The van der Waals surface area contributed by atoms with E-state index in [9.17, 15) is 24.3 Å². The van der Waals surface area contributed by atoms with Gasteiger partial charge in [-0.1, -0.05) is 30.3 Å². The van der Waals surface area contributed by atoms with Crippen LogP contribution in [0.3, 0.4) is 0 Å². The number of alkyl carbamates (subject to hydrolysis) is 3. The van der Waals surface area contributed by atoms with Gasteiger partial charge in [-0.05, 0) is 47.1 Å². The zero-order chi connectivity index (χ0) is 25.9. The van der Waals surface area contributed by atoms with Crippen LogP contribution in [0.5, 0.6) is 0 Å². The van der Waals surface area contributed by atoms with Crippen molar-refractivity contribution in [1.29, 1.82) is 0 Å². The van der Waals surface area contributed by atoms with E-state index in [1.165, 1.54) is 0 Å². The second-order valence-electron chi connectivity index (χ2n) is 9.04. The van der Waals surface area contributed by atoms with E-state index in [-0.39, 0.29) is 6.61 Å². The molecule has 12 nitrogen and oxygen atoms in total. The summed E-state index contributed by atoms with van der Waals surface area (Å²) in [6.07, 6.45) is -2.86. The lowest BCUT2D eigenvalue weighted by atomic mass is 10.2. The summed E-state index contributed by atoms with van der Waals surface area (Å²) in [5.41, 5.74) is -0.961. The summed E-state index contributed by atoms with van der Waals surface area (Å²) in [6.45, 7) is 9.20. The van der Waals surface area contributed by atoms with E-state index < -0.39 is 54.0 Å². The molecule has 1 rings (SSSR count). The molecule has 0 heterocycles. The van der Waals surface area contributed by atoms with Crippen molar-refractivity contribution in [2.24, 2.45) is 4.99 Å². The quantitative estimate of drug-likeness (QED) is 0.274. The normalized spacial score (nSPS) is 11.9. The SMILES string of the molecule is CC(C)(C)OC(=O)NC(=NC[C@@H](NC(=O)OCc1ccccc1)C(=O)O)NC(=O)OC(C)(C)C. The van der Waals surface area contributed by atoms with Crippen molar-refractivity contribution in [3.05, 3.63) is 35.9 Å². The minimum Gasteiger partial charge on any atom is -0.480 e. The fourth-order valence-corrected chi connectivity index (χ4v) is 2.19. The van der Waals surface area contributed by atoms with Gasteiger partial charge in [0.25, 0.3) is 0 Å². The number of hydrogen-bond acceptors (Lipinski definition) is 8. The maximum Gasteiger partial charge on any atom is 0.414 e. The van der Waals surface area contributed by atoms with Crippen molar-refractivity contribution >= 4 is 30.2 Å². The third kappa shape index (κ3) is 12.9. The number of carbonyl (C=O) groups excluding carboxylic acids is 3. The van der Waals surface area contributed by atoms with Crippen LogP contribution < -0.4 is 16.0 Å². The molecule has 0 bridgehead atoms. The van der Waals surface area contributed by atoms with Crippen molar-refractivity contribution in [2.75, 3.05) is 6.54 Å². The van der Waals surface area contributed by atoms with Crippen molar-refractivity contribution in [3.8, 4) is 0 Å². The van der Waals surface area contributed by atoms with Crippen LogP contribution in [0.2, 0.25) is 0 Å². The van der Waals surface area contributed by atoms with Gasteiger partial charge in [-0.3, -0.25) is 10.6 Å². The Morgan fingerprint density at radius 2 is 1.38 bits per heavy atom. The molecular formula is C22H32N4O8. The van der Waals surface area contributed by atoms with Gasteiger partial charge in [-0.25, -0.2) is 24.2 Å². The second kappa shape index (κ2) is 12.4. The van der Waals surface area contributed by atoms with E-state index in [0.717, 1.165) is 0 Å². The number of nitrogens with zero attached hydrogens (tertiary/aromatic N) is 1. The van der Waals surface area contributed by atoms with Gasteiger partial charge in [-0.15, -0.1) is 0 Å². The van der Waals surface area contributed by atoms with Gasteiger partial charge >= 0.3 is 24.2 Å². The fraction of sp³-hybridized carbons (Fsp3) is 0.500. The van der Waals surface area contributed by atoms with Crippen LogP contribution in [0, 0.1) is 0 Å². The molecule has 0 spiro atoms. The third-order valence-corrected chi connectivity index (χ3v) is 3.47. The van der Waals surface area contributed by atoms with Crippen molar-refractivity contribution in [3.63, 3.8) is 0 Å². The molecular weight excluding hydrogens is 448 g/mol. The van der Waals surface area contributed by atoms with Crippen LogP contribution in [0.15, 0.2) is 35.3 Å². The largest absolute Gasteiger partial charge is 0.480 e. The van der Waals surface area contributed by atoms with Crippen LogP contribution in [-0.2, 0) is 25.6 Å². The van der Waals surface area contributed by atoms with Crippen molar-refractivity contribution in [2.45, 2.75) is 65.4 Å². The van der Waals surface area contributed by atoms with E-state index >= 15 is 0 Å². The summed E-state index contributed by atoms with van der Waals surface area (Å²) in [7, 11) is 0. The first kappa shape index (κ1) is 28.2. The number of carboxylic acid groups (broad SMARTS) is 1. The Morgan fingerprint density at radius 1 is 0.882 bits per heavy atom. The summed E-state index contributed by atoms with van der Waals surface area (Å²) in [6, 6.07) is 7.30. The number of carbonyl (C=O) groups is 4. The molecule has 0 aliphatic carbocycles. The van der Waals surface area contributed by atoms with Crippen LogP contribution in [0.4, 0.5) is 14.4 Å². The predicted octanol–water partition coefficient (Wildman–Crippen LogP) is 2.77. The minimum atomic E-state index is -1.51. The molecule has 0 aliphatic rings. The Bertz CT molecular complexity index is 856. The molecule has 188 valence electrons. The van der Waals surface area contributed by atoms with E-state index in [0.29, 0.717) is 5.56 Å². The number of guanidine groups is 1. The first-order valence-electron chi connectivity index (χ1n) is 10.4. The van der Waals surface area contributed by atoms with Gasteiger partial charge in [0.15, 0.2) is 0 Å². The highest BCUT2D eigenvalue weighted by Crippen LogP contribution is 2.08. The van der Waals surface area contributed by atoms with E-state index in [4.69, 9.17) is 14.2 Å². The average Bonchev–Trinajstić information content (AvgIpc) is 2.67. The van der Waals surface area contributed by atoms with Gasteiger partial charge in [-0.2, -0.15) is 0 Å². The molecule has 1 aromatic carbocycles. The van der Waals surface area contributed by atoms with Crippen LogP contribution in [-0.4, -0.2) is 59.1 Å². The Hall–Kier alpha value is -3.83. The maximum atomic E-state index is 12.1. The summed E-state index contributed by atoms with van der Waals surface area (Å²) < 4.78 is 15.2. The van der Waals surface area contributed by atoms with Crippen LogP contribution in [0.1, 0.15) is 47.1 Å². The topological polar surface area (TPSA) is 165 Å². The van der Waals surface area contributed by atoms with Crippen molar-refractivity contribution < 1.29 is 38.5 Å². The summed E-state index contributed by atoms with van der Waals surface area (Å²) >= 11 is 0. The summed E-state index contributed by atoms with van der Waals surface area (Å²) in [5, 5.41) is 16.0. The Kier molecular flexibility index (Phi) is 10.3. The zero-order valence-corrected chi connectivity index (χ0v) is 20.1. The number of nitrogens with one attached hydrogen (secondary N) is 3. The molecule has 0 aliphatic heterocycles. The lowest BCUT2D eigenvalue weighted by molar-refractivity contribution is -0.139. The number of rotatable bonds is 6. The molecule has 0 aromatic heterocycles. The van der Waals surface area contributed by atoms with E-state index in [1.54, 1.807) is 71.9 Å². The minimum absolute atomic E-state index is 0.0616. The Labute approximate surface area is 198 Å². The molecule has 3 amide bonds. The van der Waals surface area contributed by atoms with Gasteiger partial charge in [0.2, 0.25) is 5.96 Å². The number of aliphatic imine (C=N–C) groups is 1. The van der Waals surface area contributed by atoms with E-state index in [2.05, 4.69) is 20.9 Å². The fourth-order valence-electron chi connectivity index (χ4n) is 2.19. The molecule has 0 fully saturated rings. The molecule has 34 heavy (non-hydrogen) atoms. The maximum absolute atomic E-state index is 12.1. The number of ether oxygens (including phenoxy) is 3.